The number of rotatable bonds is 6. The van der Waals surface area contributed by atoms with Gasteiger partial charge in [0.25, 0.3) is 0 Å². The maximum Gasteiger partial charge on any atom is 0.238 e. The summed E-state index contributed by atoms with van der Waals surface area (Å²) in [7, 11) is 0. The average molecular weight is 452 g/mol. The van der Waals surface area contributed by atoms with Crippen LogP contribution in [0.3, 0.4) is 0 Å². The van der Waals surface area contributed by atoms with Gasteiger partial charge in [-0.2, -0.15) is 0 Å². The van der Waals surface area contributed by atoms with E-state index in [1.807, 2.05) is 12.1 Å². The van der Waals surface area contributed by atoms with E-state index in [4.69, 9.17) is 5.73 Å². The number of benzene rings is 4. The number of fused-ring (bicyclic) bond motifs is 5. The van der Waals surface area contributed by atoms with E-state index in [0.29, 0.717) is 0 Å². The van der Waals surface area contributed by atoms with Gasteiger partial charge in [0.15, 0.2) is 0 Å². The van der Waals surface area contributed by atoms with Gasteiger partial charge < -0.3 is 11.1 Å². The third-order valence-corrected chi connectivity index (χ3v) is 6.75. The van der Waals surface area contributed by atoms with Gasteiger partial charge in [0.2, 0.25) is 11.8 Å². The number of anilines is 1. The fourth-order valence-electron chi connectivity index (χ4n) is 5.06. The lowest BCUT2D eigenvalue weighted by molar-refractivity contribution is -0.122. The molecule has 4 aromatic carbocycles. The summed E-state index contributed by atoms with van der Waals surface area (Å²) >= 11 is 0. The van der Waals surface area contributed by atoms with Crippen LogP contribution in [0.15, 0.2) is 78.9 Å². The van der Waals surface area contributed by atoms with E-state index in [0.717, 1.165) is 47.8 Å². The Morgan fingerprint density at radius 1 is 0.824 bits per heavy atom. The molecule has 1 atom stereocenters. The Bertz CT molecular complexity index is 1400. The normalized spacial score (nSPS) is 15.8. The average Bonchev–Trinajstić information content (AvgIpc) is 2.86. The lowest BCUT2D eigenvalue weighted by Gasteiger charge is -2.30. The molecule has 34 heavy (non-hydrogen) atoms. The minimum Gasteiger partial charge on any atom is -0.368 e. The number of hydrogen-bond acceptors (Lipinski definition) is 3. The summed E-state index contributed by atoms with van der Waals surface area (Å²) in [6.45, 7) is 1.73. The lowest BCUT2D eigenvalue weighted by Crippen LogP contribution is -2.45. The molecule has 0 saturated carbocycles. The van der Waals surface area contributed by atoms with Gasteiger partial charge in [-0.15, -0.1) is 0 Å². The van der Waals surface area contributed by atoms with Crippen molar-refractivity contribution in [2.45, 2.75) is 31.7 Å². The number of carbonyl (C=O) groups is 2. The van der Waals surface area contributed by atoms with E-state index >= 15 is 0 Å². The number of carbonyl (C=O) groups excluding carboxylic acids is 2. The van der Waals surface area contributed by atoms with Crippen LogP contribution in [0, 0.1) is 0 Å². The summed E-state index contributed by atoms with van der Waals surface area (Å²) in [5, 5.41) is 9.96. The van der Waals surface area contributed by atoms with Crippen LogP contribution in [0.5, 0.6) is 0 Å². The van der Waals surface area contributed by atoms with Crippen molar-refractivity contribution in [3.63, 3.8) is 0 Å². The second-order valence-electron chi connectivity index (χ2n) is 8.97. The highest BCUT2D eigenvalue weighted by atomic mass is 16.2. The maximum atomic E-state index is 12.7. The van der Waals surface area contributed by atoms with Gasteiger partial charge in [-0.05, 0) is 58.9 Å². The SMILES string of the molecule is NC(=O)C(/C=C/CC(=O)Nc1cccc2c1ccc1c3ccccc3ccc21)N1CCCCC1. The number of nitrogens with zero attached hydrogens (tertiary/aromatic N) is 1. The minimum absolute atomic E-state index is 0.121. The summed E-state index contributed by atoms with van der Waals surface area (Å²) in [6, 6.07) is 22.4. The number of primary amides is 1. The van der Waals surface area contributed by atoms with Gasteiger partial charge in [0.1, 0.15) is 6.04 Å². The van der Waals surface area contributed by atoms with Crippen LogP contribution in [0.4, 0.5) is 5.69 Å². The molecule has 1 aliphatic rings. The molecular formula is C29H29N3O2. The molecule has 4 aromatic rings. The monoisotopic (exact) mass is 451 g/mol. The maximum absolute atomic E-state index is 12.7. The van der Waals surface area contributed by atoms with Gasteiger partial charge in [-0.1, -0.05) is 79.2 Å². The van der Waals surface area contributed by atoms with Crippen molar-refractivity contribution in [1.82, 2.24) is 4.90 Å². The predicted octanol–water partition coefficient (Wildman–Crippen LogP) is 5.37. The molecule has 1 fully saturated rings. The molecule has 1 aliphatic heterocycles. The zero-order chi connectivity index (χ0) is 23.5. The second-order valence-corrected chi connectivity index (χ2v) is 8.97. The summed E-state index contributed by atoms with van der Waals surface area (Å²) < 4.78 is 0. The van der Waals surface area contributed by atoms with Gasteiger partial charge in [0.05, 0.1) is 0 Å². The fraction of sp³-hybridized carbons (Fsp3) is 0.241. The van der Waals surface area contributed by atoms with Gasteiger partial charge in [0, 0.05) is 17.5 Å². The Morgan fingerprint density at radius 3 is 2.32 bits per heavy atom. The third kappa shape index (κ3) is 4.39. The summed E-state index contributed by atoms with van der Waals surface area (Å²) in [4.78, 5) is 26.8. The van der Waals surface area contributed by atoms with Crippen molar-refractivity contribution in [2.24, 2.45) is 5.73 Å². The van der Waals surface area contributed by atoms with Gasteiger partial charge in [-0.25, -0.2) is 0 Å². The van der Waals surface area contributed by atoms with Crippen LogP contribution in [0.25, 0.3) is 32.3 Å². The molecule has 0 bridgehead atoms. The Kier molecular flexibility index (Phi) is 6.28. The molecular weight excluding hydrogens is 422 g/mol. The number of nitrogens with one attached hydrogen (secondary N) is 1. The van der Waals surface area contributed by atoms with E-state index in [9.17, 15) is 9.59 Å². The summed E-state index contributed by atoms with van der Waals surface area (Å²) in [6.07, 6.45) is 7.05. The largest absolute Gasteiger partial charge is 0.368 e. The molecule has 1 heterocycles. The Morgan fingerprint density at radius 2 is 1.50 bits per heavy atom. The molecule has 5 rings (SSSR count). The van der Waals surface area contributed by atoms with Crippen LogP contribution in [0.2, 0.25) is 0 Å². The highest BCUT2D eigenvalue weighted by molar-refractivity contribution is 6.19. The van der Waals surface area contributed by atoms with E-state index < -0.39 is 6.04 Å². The number of nitrogens with two attached hydrogens (primary N) is 1. The highest BCUT2D eigenvalue weighted by Crippen LogP contribution is 2.34. The van der Waals surface area contributed by atoms with E-state index in [-0.39, 0.29) is 18.2 Å². The Labute approximate surface area is 199 Å². The van der Waals surface area contributed by atoms with Crippen molar-refractivity contribution in [3.8, 4) is 0 Å². The Balaban J connectivity index is 1.36. The van der Waals surface area contributed by atoms with Crippen molar-refractivity contribution >= 4 is 49.8 Å². The number of amides is 2. The number of likely N-dealkylation sites (tertiary alicyclic amines) is 1. The first-order chi connectivity index (χ1) is 16.6. The van der Waals surface area contributed by atoms with Crippen molar-refractivity contribution in [2.75, 3.05) is 18.4 Å². The van der Waals surface area contributed by atoms with Crippen LogP contribution in [-0.4, -0.2) is 35.8 Å². The second kappa shape index (κ2) is 9.65. The van der Waals surface area contributed by atoms with Crippen LogP contribution in [-0.2, 0) is 9.59 Å². The van der Waals surface area contributed by atoms with Crippen LogP contribution >= 0.6 is 0 Å². The van der Waals surface area contributed by atoms with Gasteiger partial charge >= 0.3 is 0 Å². The first-order valence-corrected chi connectivity index (χ1v) is 11.9. The quantitative estimate of drug-likeness (QED) is 0.306. The highest BCUT2D eigenvalue weighted by Gasteiger charge is 2.22. The van der Waals surface area contributed by atoms with Crippen molar-refractivity contribution in [3.05, 3.63) is 78.9 Å². The topological polar surface area (TPSA) is 75.4 Å². The summed E-state index contributed by atoms with van der Waals surface area (Å²) in [5.41, 5.74) is 6.40. The predicted molar refractivity (Wildman–Crippen MR) is 140 cm³/mol. The van der Waals surface area contributed by atoms with Gasteiger partial charge in [-0.3, -0.25) is 14.5 Å². The molecule has 2 amide bonds. The molecule has 0 aliphatic carbocycles. The molecule has 1 unspecified atom stereocenters. The van der Waals surface area contributed by atoms with Crippen LogP contribution in [0.1, 0.15) is 25.7 Å². The molecule has 1 saturated heterocycles. The molecule has 5 nitrogen and oxygen atoms in total. The van der Waals surface area contributed by atoms with E-state index in [1.165, 1.54) is 22.6 Å². The molecule has 0 aromatic heterocycles. The Hall–Kier alpha value is -3.70. The molecule has 0 spiro atoms. The van der Waals surface area contributed by atoms with Crippen molar-refractivity contribution in [1.29, 1.82) is 0 Å². The first-order valence-electron chi connectivity index (χ1n) is 11.9. The summed E-state index contributed by atoms with van der Waals surface area (Å²) in [5.74, 6) is -0.490. The molecule has 5 heteroatoms. The zero-order valence-electron chi connectivity index (χ0n) is 19.2. The van der Waals surface area contributed by atoms with Crippen LogP contribution < -0.4 is 11.1 Å². The lowest BCUT2D eigenvalue weighted by atomic mass is 9.96. The van der Waals surface area contributed by atoms with E-state index in [1.54, 1.807) is 12.2 Å². The molecule has 3 N–H and O–H groups in total. The minimum atomic E-state index is -0.452. The number of hydrogen-bond donors (Lipinski definition) is 2. The number of piperidine rings is 1. The van der Waals surface area contributed by atoms with Crippen molar-refractivity contribution < 1.29 is 9.59 Å². The first kappa shape index (κ1) is 22.1. The molecule has 172 valence electrons. The third-order valence-electron chi connectivity index (χ3n) is 6.75. The standard InChI is InChI=1S/C29H29N3O2/c30-29(34)27(32-18-4-1-5-19-32)12-7-13-28(33)31-26-11-6-10-22-24-15-14-20-8-2-3-9-21(20)23(24)16-17-25(22)26/h2-3,6-12,14-17,27H,1,4-5,13,18-19H2,(H2,30,34)(H,31,33)/b12-7+. The van der Waals surface area contributed by atoms with E-state index in [2.05, 4.69) is 64.8 Å². The molecule has 0 radical (unpaired) electrons. The zero-order valence-corrected chi connectivity index (χ0v) is 19.2. The fourth-order valence-corrected chi connectivity index (χ4v) is 5.06. The smallest absolute Gasteiger partial charge is 0.238 e.